The van der Waals surface area contributed by atoms with Crippen molar-refractivity contribution >= 4 is 41.5 Å². The number of aliphatic imine (C=N–C) groups is 1. The number of carbonyl (C=O) groups is 1. The Morgan fingerprint density at radius 3 is 2.72 bits per heavy atom. The molecule has 8 heteroatoms. The molecule has 1 aromatic carbocycles. The van der Waals surface area contributed by atoms with Crippen molar-refractivity contribution in [1.29, 1.82) is 0 Å². The second-order valence-electron chi connectivity index (χ2n) is 5.86. The molecule has 1 aliphatic rings. The van der Waals surface area contributed by atoms with Gasteiger partial charge in [-0.1, -0.05) is 12.1 Å². The van der Waals surface area contributed by atoms with E-state index in [9.17, 15) is 4.79 Å². The molecule has 1 aliphatic heterocycles. The van der Waals surface area contributed by atoms with E-state index in [-0.39, 0.29) is 35.9 Å². The summed E-state index contributed by atoms with van der Waals surface area (Å²) < 4.78 is 5.11. The summed E-state index contributed by atoms with van der Waals surface area (Å²) in [6.45, 7) is 5.31. The highest BCUT2D eigenvalue weighted by Crippen LogP contribution is 2.15. The molecule has 1 heterocycles. The fraction of sp³-hybridized carbons (Fsp3) is 0.529. The molecule has 1 aromatic rings. The molecule has 140 valence electrons. The zero-order valence-electron chi connectivity index (χ0n) is 15.0. The van der Waals surface area contributed by atoms with Crippen molar-refractivity contribution in [2.45, 2.75) is 19.5 Å². The molecule has 0 aliphatic carbocycles. The summed E-state index contributed by atoms with van der Waals surface area (Å²) in [7, 11) is 3.43. The molecule has 0 spiro atoms. The Morgan fingerprint density at radius 2 is 2.12 bits per heavy atom. The maximum atomic E-state index is 11.5. The number of piperazine rings is 1. The molecule has 1 atom stereocenters. The Balaban J connectivity index is 0.00000312. The molecule has 1 amide bonds. The van der Waals surface area contributed by atoms with Crippen molar-refractivity contribution in [3.8, 4) is 0 Å². The van der Waals surface area contributed by atoms with Gasteiger partial charge in [0.15, 0.2) is 5.96 Å². The zero-order valence-corrected chi connectivity index (χ0v) is 17.4. The van der Waals surface area contributed by atoms with Crippen LogP contribution in [0, 0.1) is 0 Å². The summed E-state index contributed by atoms with van der Waals surface area (Å²) in [5, 5.41) is 9.39. The summed E-state index contributed by atoms with van der Waals surface area (Å²) in [5.41, 5.74) is 2.23. The fourth-order valence-corrected chi connectivity index (χ4v) is 2.59. The van der Waals surface area contributed by atoms with Gasteiger partial charge in [-0.25, -0.2) is 0 Å². The summed E-state index contributed by atoms with van der Waals surface area (Å²) in [6.07, 6.45) is 0. The molecular weight excluding hydrogens is 433 g/mol. The minimum atomic E-state index is 0. The first-order valence-corrected chi connectivity index (χ1v) is 8.19. The van der Waals surface area contributed by atoms with E-state index in [4.69, 9.17) is 4.74 Å². The van der Waals surface area contributed by atoms with E-state index >= 15 is 0 Å². The molecule has 0 saturated carbocycles. The normalized spacial score (nSPS) is 15.9. The lowest BCUT2D eigenvalue weighted by Gasteiger charge is -2.28. The fourth-order valence-electron chi connectivity index (χ4n) is 2.59. The minimum Gasteiger partial charge on any atom is -0.383 e. The third-order valence-electron chi connectivity index (χ3n) is 3.82. The van der Waals surface area contributed by atoms with Gasteiger partial charge in [0, 0.05) is 45.5 Å². The van der Waals surface area contributed by atoms with Crippen LogP contribution < -0.4 is 20.9 Å². The van der Waals surface area contributed by atoms with Crippen molar-refractivity contribution in [3.05, 3.63) is 29.8 Å². The summed E-state index contributed by atoms with van der Waals surface area (Å²) in [5.74, 6) is 0.823. The first kappa shape index (κ1) is 21.5. The van der Waals surface area contributed by atoms with Crippen LogP contribution in [0.2, 0.25) is 0 Å². The van der Waals surface area contributed by atoms with Crippen LogP contribution in [0.5, 0.6) is 0 Å². The topological polar surface area (TPSA) is 78.0 Å². The second kappa shape index (κ2) is 11.1. The number of carbonyl (C=O) groups excluding carboxylic acids is 1. The van der Waals surface area contributed by atoms with Crippen molar-refractivity contribution in [3.63, 3.8) is 0 Å². The molecule has 1 saturated heterocycles. The number of hydrogen-bond donors (Lipinski definition) is 3. The van der Waals surface area contributed by atoms with E-state index in [2.05, 4.69) is 50.1 Å². The standard InChI is InChI=1S/C17H27N5O2.HI/c1-13(12-24-3)21-17(18-2)20-10-14-4-6-15(7-5-14)22-9-8-19-16(23)11-22;/h4-7,13H,8-12H2,1-3H3,(H,19,23)(H2,18,20,21);1H. The summed E-state index contributed by atoms with van der Waals surface area (Å²) >= 11 is 0. The first-order chi connectivity index (χ1) is 11.6. The van der Waals surface area contributed by atoms with Gasteiger partial charge in [0.2, 0.25) is 5.91 Å². The van der Waals surface area contributed by atoms with Crippen molar-refractivity contribution in [2.24, 2.45) is 4.99 Å². The molecule has 2 rings (SSSR count). The van der Waals surface area contributed by atoms with Gasteiger partial charge in [0.25, 0.3) is 0 Å². The monoisotopic (exact) mass is 461 g/mol. The number of halogens is 1. The maximum Gasteiger partial charge on any atom is 0.239 e. The SMILES string of the molecule is CN=C(NCc1ccc(N2CCNC(=O)C2)cc1)NC(C)COC.I. The van der Waals surface area contributed by atoms with Crippen LogP contribution in [0.15, 0.2) is 29.3 Å². The molecule has 25 heavy (non-hydrogen) atoms. The number of rotatable bonds is 6. The predicted molar refractivity (Wildman–Crippen MR) is 112 cm³/mol. The zero-order chi connectivity index (χ0) is 17.4. The third kappa shape index (κ3) is 7.07. The van der Waals surface area contributed by atoms with Gasteiger partial charge >= 0.3 is 0 Å². The minimum absolute atomic E-state index is 0. The van der Waals surface area contributed by atoms with Gasteiger partial charge < -0.3 is 25.6 Å². The molecule has 1 fully saturated rings. The number of methoxy groups -OCH3 is 1. The lowest BCUT2D eigenvalue weighted by molar-refractivity contribution is -0.120. The van der Waals surface area contributed by atoms with Crippen LogP contribution in [0.25, 0.3) is 0 Å². The van der Waals surface area contributed by atoms with E-state index in [0.717, 1.165) is 23.8 Å². The van der Waals surface area contributed by atoms with Gasteiger partial charge in [-0.15, -0.1) is 24.0 Å². The van der Waals surface area contributed by atoms with E-state index in [0.29, 0.717) is 26.2 Å². The maximum absolute atomic E-state index is 11.5. The molecule has 1 unspecified atom stereocenters. The Kier molecular flexibility index (Phi) is 9.58. The van der Waals surface area contributed by atoms with Crippen LogP contribution in [0.3, 0.4) is 0 Å². The lowest BCUT2D eigenvalue weighted by Crippen LogP contribution is -2.47. The average Bonchev–Trinajstić information content (AvgIpc) is 2.59. The quantitative estimate of drug-likeness (QED) is 0.334. The highest BCUT2D eigenvalue weighted by Gasteiger charge is 2.16. The Hall–Kier alpha value is -1.55. The van der Waals surface area contributed by atoms with Gasteiger partial charge in [0.1, 0.15) is 0 Å². The van der Waals surface area contributed by atoms with Gasteiger partial charge in [-0.05, 0) is 24.6 Å². The largest absolute Gasteiger partial charge is 0.383 e. The Labute approximate surface area is 166 Å². The predicted octanol–water partition coefficient (Wildman–Crippen LogP) is 0.941. The number of guanidine groups is 1. The highest BCUT2D eigenvalue weighted by atomic mass is 127. The van der Waals surface area contributed by atoms with Crippen LogP contribution in [0.1, 0.15) is 12.5 Å². The first-order valence-electron chi connectivity index (χ1n) is 8.19. The van der Waals surface area contributed by atoms with Crippen LogP contribution in [-0.4, -0.2) is 58.3 Å². The number of ether oxygens (including phenoxy) is 1. The number of anilines is 1. The lowest BCUT2D eigenvalue weighted by atomic mass is 10.2. The van der Waals surface area contributed by atoms with Gasteiger partial charge in [-0.3, -0.25) is 9.79 Å². The van der Waals surface area contributed by atoms with E-state index in [1.807, 2.05) is 6.92 Å². The second-order valence-corrected chi connectivity index (χ2v) is 5.86. The average molecular weight is 461 g/mol. The summed E-state index contributed by atoms with van der Waals surface area (Å²) in [6, 6.07) is 8.44. The Bertz CT molecular complexity index is 565. The van der Waals surface area contributed by atoms with Crippen LogP contribution in [-0.2, 0) is 16.1 Å². The molecule has 0 aromatic heterocycles. The smallest absolute Gasteiger partial charge is 0.239 e. The molecule has 0 radical (unpaired) electrons. The third-order valence-corrected chi connectivity index (χ3v) is 3.82. The Morgan fingerprint density at radius 1 is 1.40 bits per heavy atom. The highest BCUT2D eigenvalue weighted by molar-refractivity contribution is 14.0. The number of amides is 1. The van der Waals surface area contributed by atoms with E-state index in [1.165, 1.54) is 0 Å². The van der Waals surface area contributed by atoms with Gasteiger partial charge in [-0.2, -0.15) is 0 Å². The summed E-state index contributed by atoms with van der Waals surface area (Å²) in [4.78, 5) is 17.8. The van der Waals surface area contributed by atoms with Crippen LogP contribution >= 0.6 is 24.0 Å². The van der Waals surface area contributed by atoms with Gasteiger partial charge in [0.05, 0.1) is 13.2 Å². The van der Waals surface area contributed by atoms with Crippen LogP contribution in [0.4, 0.5) is 5.69 Å². The molecular formula is C17H28IN5O2. The molecule has 7 nitrogen and oxygen atoms in total. The number of nitrogens with one attached hydrogen (secondary N) is 3. The van der Waals surface area contributed by atoms with Crippen molar-refractivity contribution < 1.29 is 9.53 Å². The number of hydrogen-bond acceptors (Lipinski definition) is 4. The van der Waals surface area contributed by atoms with Crippen molar-refractivity contribution in [2.75, 3.05) is 45.3 Å². The molecule has 0 bridgehead atoms. The number of benzene rings is 1. The molecule has 3 N–H and O–H groups in total. The van der Waals surface area contributed by atoms with E-state index in [1.54, 1.807) is 14.2 Å². The number of nitrogens with zero attached hydrogens (tertiary/aromatic N) is 2. The van der Waals surface area contributed by atoms with Crippen molar-refractivity contribution in [1.82, 2.24) is 16.0 Å². The van der Waals surface area contributed by atoms with E-state index < -0.39 is 0 Å².